The first-order chi connectivity index (χ1) is 8.76. The summed E-state index contributed by atoms with van der Waals surface area (Å²) < 4.78 is 5.71. The van der Waals surface area contributed by atoms with Gasteiger partial charge in [-0.3, -0.25) is 0 Å². The quantitative estimate of drug-likeness (QED) is 0.865. The third-order valence-electron chi connectivity index (χ3n) is 3.60. The van der Waals surface area contributed by atoms with Gasteiger partial charge in [-0.2, -0.15) is 0 Å². The number of rotatable bonds is 5. The standard InChI is InChI=1S/C14H23N3O/c1-3-17(10-12-5-4-8-18-12)14-13(9-15)11(2)6-7-16-14/h6-7,12H,3-5,8-10,15H2,1-2H3. The highest BCUT2D eigenvalue weighted by Gasteiger charge is 2.21. The number of aryl methyl sites for hydroxylation is 1. The second kappa shape index (κ2) is 6.16. The molecule has 18 heavy (non-hydrogen) atoms. The number of hydrogen-bond acceptors (Lipinski definition) is 4. The minimum absolute atomic E-state index is 0.345. The second-order valence-corrected chi connectivity index (χ2v) is 4.81. The first kappa shape index (κ1) is 13.3. The predicted octanol–water partition coefficient (Wildman–Crippen LogP) is 1.85. The molecule has 0 amide bonds. The van der Waals surface area contributed by atoms with E-state index < -0.39 is 0 Å². The first-order valence-corrected chi connectivity index (χ1v) is 6.77. The summed E-state index contributed by atoms with van der Waals surface area (Å²) in [5.74, 6) is 1.02. The third kappa shape index (κ3) is 2.82. The summed E-state index contributed by atoms with van der Waals surface area (Å²) in [6, 6.07) is 2.02. The molecule has 0 radical (unpaired) electrons. The van der Waals surface area contributed by atoms with Gasteiger partial charge >= 0.3 is 0 Å². The summed E-state index contributed by atoms with van der Waals surface area (Å²) in [6.45, 7) is 7.53. The Hall–Kier alpha value is -1.13. The van der Waals surface area contributed by atoms with Crippen LogP contribution in [0.1, 0.15) is 30.9 Å². The average molecular weight is 249 g/mol. The monoisotopic (exact) mass is 249 g/mol. The number of likely N-dealkylation sites (N-methyl/N-ethyl adjacent to an activating group) is 1. The summed E-state index contributed by atoms with van der Waals surface area (Å²) >= 11 is 0. The number of ether oxygens (including phenoxy) is 1. The van der Waals surface area contributed by atoms with Crippen LogP contribution in [-0.4, -0.2) is 30.8 Å². The van der Waals surface area contributed by atoms with Crippen molar-refractivity contribution in [1.82, 2.24) is 4.98 Å². The summed E-state index contributed by atoms with van der Waals surface area (Å²) in [6.07, 6.45) is 4.54. The highest BCUT2D eigenvalue weighted by molar-refractivity contribution is 5.50. The molecule has 0 bridgehead atoms. The first-order valence-electron chi connectivity index (χ1n) is 6.77. The van der Waals surface area contributed by atoms with Crippen LogP contribution in [0.2, 0.25) is 0 Å². The van der Waals surface area contributed by atoms with Crippen LogP contribution in [0.3, 0.4) is 0 Å². The average Bonchev–Trinajstić information content (AvgIpc) is 2.88. The van der Waals surface area contributed by atoms with Gasteiger partial charge in [0.05, 0.1) is 6.10 Å². The predicted molar refractivity (Wildman–Crippen MR) is 73.7 cm³/mol. The highest BCUT2D eigenvalue weighted by Crippen LogP contribution is 2.22. The van der Waals surface area contributed by atoms with Crippen LogP contribution in [0.5, 0.6) is 0 Å². The zero-order valence-corrected chi connectivity index (χ0v) is 11.4. The van der Waals surface area contributed by atoms with Gasteiger partial charge in [0.2, 0.25) is 0 Å². The van der Waals surface area contributed by atoms with Crippen LogP contribution in [0.4, 0.5) is 5.82 Å². The van der Waals surface area contributed by atoms with E-state index in [4.69, 9.17) is 10.5 Å². The van der Waals surface area contributed by atoms with Crippen molar-refractivity contribution in [3.05, 3.63) is 23.4 Å². The molecule has 1 aromatic rings. The molecule has 1 unspecified atom stereocenters. The largest absolute Gasteiger partial charge is 0.376 e. The molecule has 1 fully saturated rings. The van der Waals surface area contributed by atoms with Gasteiger partial charge in [-0.15, -0.1) is 0 Å². The molecule has 100 valence electrons. The molecular weight excluding hydrogens is 226 g/mol. The number of anilines is 1. The maximum atomic E-state index is 5.85. The van der Waals surface area contributed by atoms with Gasteiger partial charge in [0, 0.05) is 38.0 Å². The zero-order chi connectivity index (χ0) is 13.0. The number of nitrogens with two attached hydrogens (primary N) is 1. The molecule has 0 saturated carbocycles. The maximum Gasteiger partial charge on any atom is 0.133 e. The van der Waals surface area contributed by atoms with Crippen molar-refractivity contribution in [2.45, 2.75) is 39.3 Å². The summed E-state index contributed by atoms with van der Waals surface area (Å²) in [7, 11) is 0. The second-order valence-electron chi connectivity index (χ2n) is 4.81. The Morgan fingerprint density at radius 3 is 3.00 bits per heavy atom. The topological polar surface area (TPSA) is 51.4 Å². The van der Waals surface area contributed by atoms with Gasteiger partial charge in [0.15, 0.2) is 0 Å². The van der Waals surface area contributed by atoms with E-state index in [1.54, 1.807) is 0 Å². The molecule has 2 N–H and O–H groups in total. The van der Waals surface area contributed by atoms with Crippen LogP contribution < -0.4 is 10.6 Å². The molecule has 2 rings (SSSR count). The SMILES string of the molecule is CCN(CC1CCCO1)c1nccc(C)c1CN. The summed E-state index contributed by atoms with van der Waals surface area (Å²) in [4.78, 5) is 6.80. The Morgan fingerprint density at radius 2 is 2.39 bits per heavy atom. The lowest BCUT2D eigenvalue weighted by Crippen LogP contribution is -2.33. The molecule has 1 aliphatic rings. The lowest BCUT2D eigenvalue weighted by molar-refractivity contribution is 0.115. The van der Waals surface area contributed by atoms with Crippen LogP contribution in [0.15, 0.2) is 12.3 Å². The molecule has 0 spiro atoms. The Kier molecular flexibility index (Phi) is 4.55. The van der Waals surface area contributed by atoms with E-state index in [0.29, 0.717) is 12.6 Å². The highest BCUT2D eigenvalue weighted by atomic mass is 16.5. The minimum Gasteiger partial charge on any atom is -0.376 e. The lowest BCUT2D eigenvalue weighted by atomic mass is 10.1. The fourth-order valence-corrected chi connectivity index (χ4v) is 2.50. The van der Waals surface area contributed by atoms with Crippen LogP contribution in [0, 0.1) is 6.92 Å². The molecule has 1 aliphatic heterocycles. The van der Waals surface area contributed by atoms with Gasteiger partial charge in [-0.1, -0.05) is 0 Å². The van der Waals surface area contributed by atoms with Gasteiger partial charge in [0.25, 0.3) is 0 Å². The van der Waals surface area contributed by atoms with E-state index in [2.05, 4.69) is 23.7 Å². The smallest absolute Gasteiger partial charge is 0.133 e. The zero-order valence-electron chi connectivity index (χ0n) is 11.4. The van der Waals surface area contributed by atoms with Crippen molar-refractivity contribution in [2.24, 2.45) is 5.73 Å². The maximum absolute atomic E-state index is 5.85. The van der Waals surface area contributed by atoms with Crippen molar-refractivity contribution in [1.29, 1.82) is 0 Å². The number of pyridine rings is 1. The number of nitrogens with zero attached hydrogens (tertiary/aromatic N) is 2. The molecular formula is C14H23N3O. The van der Waals surface area contributed by atoms with Crippen molar-refractivity contribution in [2.75, 3.05) is 24.6 Å². The molecule has 1 saturated heterocycles. The third-order valence-corrected chi connectivity index (χ3v) is 3.60. The molecule has 4 heteroatoms. The van der Waals surface area contributed by atoms with E-state index in [1.807, 2.05) is 12.3 Å². The Bertz CT molecular complexity index is 389. The summed E-state index contributed by atoms with van der Waals surface area (Å²) in [5.41, 5.74) is 8.22. The number of hydrogen-bond donors (Lipinski definition) is 1. The molecule has 0 aromatic carbocycles. The molecule has 0 aliphatic carbocycles. The normalized spacial score (nSPS) is 19.2. The Labute approximate surface area is 109 Å². The Morgan fingerprint density at radius 1 is 1.56 bits per heavy atom. The van der Waals surface area contributed by atoms with Crippen LogP contribution in [0.25, 0.3) is 0 Å². The van der Waals surface area contributed by atoms with Gasteiger partial charge in [0.1, 0.15) is 5.82 Å². The van der Waals surface area contributed by atoms with E-state index in [0.717, 1.165) is 37.5 Å². The van der Waals surface area contributed by atoms with Gasteiger partial charge in [-0.05, 0) is 38.3 Å². The molecule has 2 heterocycles. The fourth-order valence-electron chi connectivity index (χ4n) is 2.50. The molecule has 1 atom stereocenters. The van der Waals surface area contributed by atoms with Gasteiger partial charge < -0.3 is 15.4 Å². The molecule has 4 nitrogen and oxygen atoms in total. The van der Waals surface area contributed by atoms with Crippen molar-refractivity contribution < 1.29 is 4.74 Å². The van der Waals surface area contributed by atoms with E-state index in [1.165, 1.54) is 12.0 Å². The van der Waals surface area contributed by atoms with Crippen molar-refractivity contribution in [3.63, 3.8) is 0 Å². The van der Waals surface area contributed by atoms with Crippen LogP contribution in [-0.2, 0) is 11.3 Å². The van der Waals surface area contributed by atoms with Crippen molar-refractivity contribution >= 4 is 5.82 Å². The number of aromatic nitrogens is 1. The van der Waals surface area contributed by atoms with E-state index >= 15 is 0 Å². The molecule has 1 aromatic heterocycles. The van der Waals surface area contributed by atoms with Crippen LogP contribution >= 0.6 is 0 Å². The van der Waals surface area contributed by atoms with Crippen molar-refractivity contribution in [3.8, 4) is 0 Å². The summed E-state index contributed by atoms with van der Waals surface area (Å²) in [5, 5.41) is 0. The Balaban J connectivity index is 2.18. The van der Waals surface area contributed by atoms with Gasteiger partial charge in [-0.25, -0.2) is 4.98 Å². The van der Waals surface area contributed by atoms with E-state index in [9.17, 15) is 0 Å². The fraction of sp³-hybridized carbons (Fsp3) is 0.643. The minimum atomic E-state index is 0.345. The lowest BCUT2D eigenvalue weighted by Gasteiger charge is -2.27. The van der Waals surface area contributed by atoms with E-state index in [-0.39, 0.29) is 0 Å².